The predicted molar refractivity (Wildman–Crippen MR) is 90.7 cm³/mol. The van der Waals surface area contributed by atoms with Gasteiger partial charge in [-0.2, -0.15) is 13.5 Å². The number of nitrogens with one attached hydrogen (secondary N) is 1. The molecule has 0 aromatic carbocycles. The third kappa shape index (κ3) is 9.61. The van der Waals surface area contributed by atoms with Crippen LogP contribution in [0.3, 0.4) is 0 Å². The number of hydrogen-bond acceptors (Lipinski definition) is 3. The van der Waals surface area contributed by atoms with Gasteiger partial charge in [-0.1, -0.05) is 6.92 Å². The van der Waals surface area contributed by atoms with Gasteiger partial charge in [0.25, 0.3) is 0 Å². The maximum Gasteiger partial charge on any atom is 0.219 e. The Morgan fingerprint density at radius 1 is 1.30 bits per heavy atom. The van der Waals surface area contributed by atoms with Crippen LogP contribution in [0, 0.1) is 0 Å². The number of carbonyl (C=O) groups is 1. The van der Waals surface area contributed by atoms with E-state index in [2.05, 4.69) is 17.3 Å². The maximum atomic E-state index is 11.2. The fourth-order valence-electron chi connectivity index (χ4n) is 2.35. The molecule has 0 radical (unpaired) electrons. The number of piperidine rings is 1. The Morgan fingerprint density at radius 3 is 2.65 bits per heavy atom. The monoisotopic (exact) mass is 306 g/mol. The lowest BCUT2D eigenvalue weighted by Crippen LogP contribution is -2.34. The van der Waals surface area contributed by atoms with Crippen LogP contribution in [0.1, 0.15) is 53.3 Å². The molecule has 1 amide bonds. The Hall–Kier alpha value is -0.260. The summed E-state index contributed by atoms with van der Waals surface area (Å²) >= 11 is 0. The predicted octanol–water partition coefficient (Wildman–Crippen LogP) is 2.54. The average Bonchev–Trinajstić information content (AvgIpc) is 2.40. The second kappa shape index (κ2) is 12.5. The summed E-state index contributed by atoms with van der Waals surface area (Å²) in [5.74, 6) is 0.185. The van der Waals surface area contributed by atoms with E-state index < -0.39 is 0 Å². The summed E-state index contributed by atoms with van der Waals surface area (Å²) in [4.78, 5) is 13.6. The highest BCUT2D eigenvalue weighted by Crippen LogP contribution is 2.12. The lowest BCUT2D eigenvalue weighted by Gasteiger charge is -2.28. The van der Waals surface area contributed by atoms with Crippen molar-refractivity contribution in [3.05, 3.63) is 0 Å². The lowest BCUT2D eigenvalue weighted by molar-refractivity contribution is -0.121. The summed E-state index contributed by atoms with van der Waals surface area (Å²) in [5, 5.41) is 2.94. The highest BCUT2D eigenvalue weighted by molar-refractivity contribution is 7.59. The van der Waals surface area contributed by atoms with Crippen molar-refractivity contribution in [1.82, 2.24) is 10.2 Å². The zero-order chi connectivity index (χ0) is 13.9. The van der Waals surface area contributed by atoms with Crippen LogP contribution in [-0.4, -0.2) is 50.2 Å². The van der Waals surface area contributed by atoms with E-state index in [-0.39, 0.29) is 20.8 Å². The molecule has 1 saturated heterocycles. The van der Waals surface area contributed by atoms with Gasteiger partial charge in [0.1, 0.15) is 0 Å². The van der Waals surface area contributed by atoms with Gasteiger partial charge in [-0.15, -0.1) is 0 Å². The number of rotatable bonds is 9. The molecule has 0 bridgehead atoms. The number of hydrogen-bond donors (Lipinski definition) is 1. The standard InChI is InChI=1S/C15H30N2O2.H2S.H2/c1-3-7-15(18)16-10-5-4-6-13-19-14-8-11-17(2)12-9-14;;/h14H,3-13H2,1-2H3,(H,16,18);1H2;1H. The van der Waals surface area contributed by atoms with Gasteiger partial charge < -0.3 is 15.0 Å². The number of ether oxygens (including phenoxy) is 1. The van der Waals surface area contributed by atoms with Crippen molar-refractivity contribution in [1.29, 1.82) is 0 Å². The molecule has 5 heteroatoms. The van der Waals surface area contributed by atoms with Crippen molar-refractivity contribution in [2.24, 2.45) is 0 Å². The molecule has 1 aliphatic heterocycles. The summed E-state index contributed by atoms with van der Waals surface area (Å²) < 4.78 is 5.88. The zero-order valence-corrected chi connectivity index (χ0v) is 14.1. The van der Waals surface area contributed by atoms with Crippen LogP contribution in [0.2, 0.25) is 0 Å². The van der Waals surface area contributed by atoms with Gasteiger partial charge in [-0.3, -0.25) is 4.79 Å². The number of nitrogens with zero attached hydrogens (tertiary/aromatic N) is 1. The SMILES string of the molecule is CCCC(=O)NCCCCCOC1CCN(C)CC1.S.[HH]. The third-order valence-electron chi connectivity index (χ3n) is 3.64. The van der Waals surface area contributed by atoms with Crippen LogP contribution in [-0.2, 0) is 9.53 Å². The molecule has 0 aromatic rings. The second-order valence-electron chi connectivity index (χ2n) is 5.53. The van der Waals surface area contributed by atoms with E-state index in [9.17, 15) is 4.79 Å². The fourth-order valence-corrected chi connectivity index (χ4v) is 2.35. The van der Waals surface area contributed by atoms with E-state index in [1.807, 2.05) is 6.92 Å². The minimum atomic E-state index is 0. The molecule has 1 aliphatic rings. The Labute approximate surface area is 132 Å². The Morgan fingerprint density at radius 2 is 2.00 bits per heavy atom. The highest BCUT2D eigenvalue weighted by Gasteiger charge is 2.16. The van der Waals surface area contributed by atoms with Crippen LogP contribution in [0.5, 0.6) is 0 Å². The van der Waals surface area contributed by atoms with Gasteiger partial charge >= 0.3 is 0 Å². The second-order valence-corrected chi connectivity index (χ2v) is 5.53. The van der Waals surface area contributed by atoms with Crippen LogP contribution in [0.4, 0.5) is 0 Å². The first kappa shape index (κ1) is 19.7. The highest BCUT2D eigenvalue weighted by atomic mass is 32.1. The Kier molecular flexibility index (Phi) is 12.3. The molecule has 122 valence electrons. The summed E-state index contributed by atoms with van der Waals surface area (Å²) in [6.07, 6.45) is 7.70. The Bertz CT molecular complexity index is 250. The molecular weight excluding hydrogens is 272 g/mol. The van der Waals surface area contributed by atoms with Crippen molar-refractivity contribution in [2.75, 3.05) is 33.3 Å². The van der Waals surface area contributed by atoms with Gasteiger partial charge in [0, 0.05) is 34.1 Å². The van der Waals surface area contributed by atoms with Crippen LogP contribution >= 0.6 is 13.5 Å². The van der Waals surface area contributed by atoms with E-state index in [0.717, 1.165) is 51.9 Å². The van der Waals surface area contributed by atoms with Crippen molar-refractivity contribution >= 4 is 19.4 Å². The van der Waals surface area contributed by atoms with Crippen LogP contribution in [0.25, 0.3) is 0 Å². The van der Waals surface area contributed by atoms with Crippen LogP contribution < -0.4 is 5.32 Å². The molecule has 0 spiro atoms. The van der Waals surface area contributed by atoms with Crippen molar-refractivity contribution in [2.45, 2.75) is 58.0 Å². The van der Waals surface area contributed by atoms with Crippen LogP contribution in [0.15, 0.2) is 0 Å². The van der Waals surface area contributed by atoms with E-state index in [1.54, 1.807) is 0 Å². The maximum absolute atomic E-state index is 11.2. The molecule has 1 N–H and O–H groups in total. The zero-order valence-electron chi connectivity index (χ0n) is 13.1. The Balaban J connectivity index is 0. The summed E-state index contributed by atoms with van der Waals surface area (Å²) in [5.41, 5.74) is 0. The number of unbranched alkanes of at least 4 members (excludes halogenated alkanes) is 2. The summed E-state index contributed by atoms with van der Waals surface area (Å²) in [6, 6.07) is 0. The smallest absolute Gasteiger partial charge is 0.219 e. The minimum Gasteiger partial charge on any atom is -0.378 e. The molecule has 4 nitrogen and oxygen atoms in total. The molecule has 1 rings (SSSR count). The molecular formula is C15H34N2O2S. The first-order valence-corrected chi connectivity index (χ1v) is 7.79. The van der Waals surface area contributed by atoms with Gasteiger partial charge in [0.2, 0.25) is 5.91 Å². The van der Waals surface area contributed by atoms with Crippen molar-refractivity contribution in [3.8, 4) is 0 Å². The molecule has 1 fully saturated rings. The number of amides is 1. The first-order chi connectivity index (χ1) is 9.22. The third-order valence-corrected chi connectivity index (χ3v) is 3.64. The van der Waals surface area contributed by atoms with E-state index in [1.165, 1.54) is 12.8 Å². The van der Waals surface area contributed by atoms with E-state index in [4.69, 9.17) is 4.74 Å². The minimum absolute atomic E-state index is 0. The quantitative estimate of drug-likeness (QED) is 0.666. The molecule has 0 atom stereocenters. The van der Waals surface area contributed by atoms with E-state index in [0.29, 0.717) is 12.5 Å². The molecule has 0 aromatic heterocycles. The lowest BCUT2D eigenvalue weighted by atomic mass is 10.1. The molecule has 20 heavy (non-hydrogen) atoms. The molecule has 0 aliphatic carbocycles. The molecule has 0 saturated carbocycles. The first-order valence-electron chi connectivity index (χ1n) is 7.79. The number of carbonyl (C=O) groups excluding carboxylic acids is 1. The summed E-state index contributed by atoms with van der Waals surface area (Å²) in [6.45, 7) is 6.03. The van der Waals surface area contributed by atoms with Gasteiger partial charge in [-0.25, -0.2) is 0 Å². The van der Waals surface area contributed by atoms with Crippen molar-refractivity contribution in [3.63, 3.8) is 0 Å². The normalized spacial score (nSPS) is 16.7. The largest absolute Gasteiger partial charge is 0.378 e. The van der Waals surface area contributed by atoms with E-state index >= 15 is 0 Å². The topological polar surface area (TPSA) is 41.6 Å². The summed E-state index contributed by atoms with van der Waals surface area (Å²) in [7, 11) is 2.17. The molecule has 0 unspecified atom stereocenters. The van der Waals surface area contributed by atoms with Gasteiger partial charge in [-0.05, 0) is 45.6 Å². The average molecular weight is 307 g/mol. The number of likely N-dealkylation sites (tertiary alicyclic amines) is 1. The van der Waals surface area contributed by atoms with Gasteiger partial charge in [0.15, 0.2) is 0 Å². The van der Waals surface area contributed by atoms with Gasteiger partial charge in [0.05, 0.1) is 6.10 Å². The van der Waals surface area contributed by atoms with Crippen molar-refractivity contribution < 1.29 is 11.0 Å². The fraction of sp³-hybridized carbons (Fsp3) is 0.933. The molecule has 1 heterocycles.